The summed E-state index contributed by atoms with van der Waals surface area (Å²) in [6, 6.07) is 14.5. The summed E-state index contributed by atoms with van der Waals surface area (Å²) < 4.78 is 5.57. The lowest BCUT2D eigenvalue weighted by Gasteiger charge is -2.04. The zero-order chi connectivity index (χ0) is 16.7. The third-order valence-corrected chi connectivity index (χ3v) is 3.43. The highest BCUT2D eigenvalue weighted by molar-refractivity contribution is 6.30. The second-order valence-electron chi connectivity index (χ2n) is 5.37. The van der Waals surface area contributed by atoms with Crippen LogP contribution < -0.4 is 4.74 Å². The van der Waals surface area contributed by atoms with E-state index in [1.807, 2.05) is 44.2 Å². The van der Waals surface area contributed by atoms with Crippen molar-refractivity contribution in [2.45, 2.75) is 13.8 Å². The summed E-state index contributed by atoms with van der Waals surface area (Å²) in [7, 11) is 0. The van der Waals surface area contributed by atoms with Crippen molar-refractivity contribution in [2.24, 2.45) is 0 Å². The van der Waals surface area contributed by atoms with Gasteiger partial charge in [0.2, 0.25) is 0 Å². The Morgan fingerprint density at radius 3 is 2.30 bits per heavy atom. The molecule has 2 aromatic carbocycles. The van der Waals surface area contributed by atoms with Crippen molar-refractivity contribution in [2.75, 3.05) is 6.61 Å². The number of halogens is 1. The number of allylic oxidation sites excluding steroid dienone is 2. The maximum Gasteiger partial charge on any atom is 0.185 e. The van der Waals surface area contributed by atoms with E-state index in [0.29, 0.717) is 17.2 Å². The van der Waals surface area contributed by atoms with E-state index < -0.39 is 0 Å². The van der Waals surface area contributed by atoms with Crippen molar-refractivity contribution in [1.29, 1.82) is 0 Å². The zero-order valence-corrected chi connectivity index (χ0v) is 14.0. The van der Waals surface area contributed by atoms with Gasteiger partial charge in [-0.15, -0.1) is 0 Å². The van der Waals surface area contributed by atoms with E-state index in [1.54, 1.807) is 36.4 Å². The van der Waals surface area contributed by atoms with Crippen LogP contribution in [0.2, 0.25) is 5.02 Å². The summed E-state index contributed by atoms with van der Waals surface area (Å²) in [5.41, 5.74) is 2.78. The SMILES string of the molecule is CC(C)=CCOc1ccc(C(=O)C=Cc2ccc(Cl)cc2)cc1. The normalized spacial score (nSPS) is 10.6. The van der Waals surface area contributed by atoms with Crippen LogP contribution in [0.15, 0.2) is 66.3 Å². The molecule has 0 aliphatic rings. The molecule has 23 heavy (non-hydrogen) atoms. The molecule has 0 aromatic heterocycles. The van der Waals surface area contributed by atoms with Gasteiger partial charge in [0, 0.05) is 10.6 Å². The quantitative estimate of drug-likeness (QED) is 0.393. The molecule has 0 amide bonds. The summed E-state index contributed by atoms with van der Waals surface area (Å²) in [4.78, 5) is 12.1. The smallest absolute Gasteiger partial charge is 0.185 e. The molecule has 0 radical (unpaired) electrons. The second-order valence-corrected chi connectivity index (χ2v) is 5.80. The maximum absolute atomic E-state index is 12.1. The van der Waals surface area contributed by atoms with Crippen LogP contribution in [-0.2, 0) is 0 Å². The molecule has 3 heteroatoms. The van der Waals surface area contributed by atoms with Crippen molar-refractivity contribution in [3.8, 4) is 5.75 Å². The van der Waals surface area contributed by atoms with Gasteiger partial charge in [-0.3, -0.25) is 4.79 Å². The number of ether oxygens (including phenoxy) is 1. The minimum atomic E-state index is -0.0456. The highest BCUT2D eigenvalue weighted by Gasteiger charge is 2.02. The molecule has 0 aliphatic carbocycles. The van der Waals surface area contributed by atoms with Gasteiger partial charge < -0.3 is 4.74 Å². The van der Waals surface area contributed by atoms with Gasteiger partial charge in [0.25, 0.3) is 0 Å². The molecule has 0 heterocycles. The van der Waals surface area contributed by atoms with Crippen LogP contribution >= 0.6 is 11.6 Å². The average molecular weight is 327 g/mol. The van der Waals surface area contributed by atoms with E-state index >= 15 is 0 Å². The van der Waals surface area contributed by atoms with Crippen molar-refractivity contribution >= 4 is 23.5 Å². The molecule has 2 rings (SSSR count). The number of benzene rings is 2. The Morgan fingerprint density at radius 1 is 1.04 bits per heavy atom. The molecule has 2 nitrogen and oxygen atoms in total. The number of carbonyl (C=O) groups excluding carboxylic acids is 1. The lowest BCUT2D eigenvalue weighted by molar-refractivity contribution is 0.104. The van der Waals surface area contributed by atoms with Gasteiger partial charge in [-0.05, 0) is 68.0 Å². The fraction of sp³-hybridized carbons (Fsp3) is 0.150. The summed E-state index contributed by atoms with van der Waals surface area (Å²) in [6.07, 6.45) is 5.34. The average Bonchev–Trinajstić information content (AvgIpc) is 2.54. The van der Waals surface area contributed by atoms with Crippen molar-refractivity contribution in [1.82, 2.24) is 0 Å². The van der Waals surface area contributed by atoms with Crippen molar-refractivity contribution < 1.29 is 9.53 Å². The molecule has 0 saturated heterocycles. The minimum absolute atomic E-state index is 0.0456. The predicted octanol–water partition coefficient (Wildman–Crippen LogP) is 5.58. The van der Waals surface area contributed by atoms with Crippen molar-refractivity contribution in [3.63, 3.8) is 0 Å². The fourth-order valence-electron chi connectivity index (χ4n) is 1.86. The van der Waals surface area contributed by atoms with E-state index in [4.69, 9.17) is 16.3 Å². The third-order valence-electron chi connectivity index (χ3n) is 3.18. The molecular formula is C20H19ClO2. The highest BCUT2D eigenvalue weighted by atomic mass is 35.5. The fourth-order valence-corrected chi connectivity index (χ4v) is 1.99. The molecule has 118 valence electrons. The van der Waals surface area contributed by atoms with E-state index in [-0.39, 0.29) is 5.78 Å². The molecule has 0 spiro atoms. The number of hydrogen-bond donors (Lipinski definition) is 0. The second kappa shape index (κ2) is 8.35. The molecule has 0 unspecified atom stereocenters. The molecule has 0 fully saturated rings. The number of hydrogen-bond acceptors (Lipinski definition) is 2. The molecule has 0 atom stereocenters. The lowest BCUT2D eigenvalue weighted by Crippen LogP contribution is -1.97. The first-order valence-electron chi connectivity index (χ1n) is 7.39. The summed E-state index contributed by atoms with van der Waals surface area (Å²) in [6.45, 7) is 4.59. The Morgan fingerprint density at radius 2 is 1.70 bits per heavy atom. The summed E-state index contributed by atoms with van der Waals surface area (Å²) >= 11 is 5.83. The standard InChI is InChI=1S/C20H19ClO2/c1-15(2)13-14-23-19-10-6-17(7-11-19)20(22)12-5-16-3-8-18(21)9-4-16/h3-13H,14H2,1-2H3. The Hall–Kier alpha value is -2.32. The van der Waals surface area contributed by atoms with E-state index in [9.17, 15) is 4.79 Å². The van der Waals surface area contributed by atoms with Gasteiger partial charge in [0.05, 0.1) is 0 Å². The van der Waals surface area contributed by atoms with Gasteiger partial charge >= 0.3 is 0 Å². The first-order valence-corrected chi connectivity index (χ1v) is 7.76. The summed E-state index contributed by atoms with van der Waals surface area (Å²) in [5.74, 6) is 0.705. The van der Waals surface area contributed by atoms with Crippen molar-refractivity contribution in [3.05, 3.63) is 82.4 Å². The topological polar surface area (TPSA) is 26.3 Å². The Bertz CT molecular complexity index is 706. The van der Waals surface area contributed by atoms with Gasteiger partial charge in [0.15, 0.2) is 5.78 Å². The predicted molar refractivity (Wildman–Crippen MR) is 96.2 cm³/mol. The van der Waals surface area contributed by atoms with Crippen LogP contribution in [0.5, 0.6) is 5.75 Å². The lowest BCUT2D eigenvalue weighted by atomic mass is 10.1. The molecule has 0 N–H and O–H groups in total. The van der Waals surface area contributed by atoms with E-state index in [0.717, 1.165) is 11.3 Å². The van der Waals surface area contributed by atoms with Crippen LogP contribution in [0.25, 0.3) is 6.08 Å². The zero-order valence-electron chi connectivity index (χ0n) is 13.3. The Balaban J connectivity index is 1.97. The van der Waals surface area contributed by atoms with E-state index in [1.165, 1.54) is 5.57 Å². The highest BCUT2D eigenvalue weighted by Crippen LogP contribution is 2.14. The molecule has 2 aromatic rings. The van der Waals surface area contributed by atoms with Crippen LogP contribution in [0.3, 0.4) is 0 Å². The summed E-state index contributed by atoms with van der Waals surface area (Å²) in [5, 5.41) is 0.678. The molecule has 0 bridgehead atoms. The molecule has 0 saturated carbocycles. The number of carbonyl (C=O) groups is 1. The van der Waals surface area contributed by atoms with Crippen LogP contribution in [-0.4, -0.2) is 12.4 Å². The number of rotatable bonds is 6. The molecular weight excluding hydrogens is 308 g/mol. The van der Waals surface area contributed by atoms with Gasteiger partial charge in [-0.2, -0.15) is 0 Å². The van der Waals surface area contributed by atoms with E-state index in [2.05, 4.69) is 0 Å². The first-order chi connectivity index (χ1) is 11.0. The third kappa shape index (κ3) is 5.76. The van der Waals surface area contributed by atoms with Gasteiger partial charge in [0.1, 0.15) is 12.4 Å². The monoisotopic (exact) mass is 326 g/mol. The number of ketones is 1. The molecule has 0 aliphatic heterocycles. The minimum Gasteiger partial charge on any atom is -0.490 e. The van der Waals surface area contributed by atoms with Gasteiger partial charge in [-0.25, -0.2) is 0 Å². The van der Waals surface area contributed by atoms with Gasteiger partial charge in [-0.1, -0.05) is 35.4 Å². The Kier molecular flexibility index (Phi) is 6.19. The largest absolute Gasteiger partial charge is 0.490 e. The maximum atomic E-state index is 12.1. The Labute approximate surface area is 142 Å². The van der Waals surface area contributed by atoms with Crippen LogP contribution in [0, 0.1) is 0 Å². The van der Waals surface area contributed by atoms with Crippen LogP contribution in [0.4, 0.5) is 0 Å². The van der Waals surface area contributed by atoms with Crippen LogP contribution in [0.1, 0.15) is 29.8 Å². The first kappa shape index (κ1) is 17.0.